The first-order chi connectivity index (χ1) is 35.6. The monoisotopic (exact) mass is 993 g/mol. The minimum Gasteiger partial charge on any atom is -0.462 e. The Morgan fingerprint density at radius 2 is 0.653 bits per heavy atom. The molecule has 5 nitrogen and oxygen atoms in total. The van der Waals surface area contributed by atoms with Crippen LogP contribution in [-0.4, -0.2) is 37.9 Å². The van der Waals surface area contributed by atoms with Gasteiger partial charge in [-0.3, -0.25) is 9.59 Å². The Morgan fingerprint density at radius 3 is 1.06 bits per heavy atom. The molecule has 1 unspecified atom stereocenters. The van der Waals surface area contributed by atoms with E-state index in [1.54, 1.807) is 0 Å². The molecule has 406 valence electrons. The average Bonchev–Trinajstić information content (AvgIpc) is 3.38. The molecular weight excluding hydrogens is 885 g/mol. The highest BCUT2D eigenvalue weighted by Crippen LogP contribution is 2.13. The summed E-state index contributed by atoms with van der Waals surface area (Å²) in [5, 5.41) is 0. The van der Waals surface area contributed by atoms with Gasteiger partial charge in [0.1, 0.15) is 6.61 Å². The fraction of sp³-hybridized carbons (Fsp3) is 0.612. The summed E-state index contributed by atoms with van der Waals surface area (Å²) in [6, 6.07) is 0. The Morgan fingerprint density at radius 1 is 0.319 bits per heavy atom. The normalized spacial score (nSPS) is 13.3. The van der Waals surface area contributed by atoms with Gasteiger partial charge < -0.3 is 14.2 Å². The molecule has 0 saturated heterocycles. The van der Waals surface area contributed by atoms with E-state index in [0.717, 1.165) is 116 Å². The predicted molar refractivity (Wildman–Crippen MR) is 315 cm³/mol. The molecule has 0 aliphatic heterocycles. The van der Waals surface area contributed by atoms with Crippen LogP contribution in [0.5, 0.6) is 0 Å². The van der Waals surface area contributed by atoms with Crippen molar-refractivity contribution in [2.45, 2.75) is 245 Å². The molecule has 5 heteroatoms. The molecule has 0 aromatic rings. The zero-order valence-corrected chi connectivity index (χ0v) is 46.6. The molecule has 0 saturated carbocycles. The molecule has 0 N–H and O–H groups in total. The van der Waals surface area contributed by atoms with Gasteiger partial charge >= 0.3 is 11.9 Å². The van der Waals surface area contributed by atoms with Gasteiger partial charge in [0, 0.05) is 19.4 Å². The van der Waals surface area contributed by atoms with Gasteiger partial charge in [-0.05, 0) is 128 Å². The average molecular weight is 994 g/mol. The number of hydrogen-bond donors (Lipinski definition) is 0. The molecule has 0 aromatic carbocycles. The van der Waals surface area contributed by atoms with Gasteiger partial charge in [-0.25, -0.2) is 0 Å². The van der Waals surface area contributed by atoms with E-state index >= 15 is 0 Å². The number of carbonyl (C=O) groups excluding carboxylic acids is 2. The Kier molecular flexibility index (Phi) is 57.5. The van der Waals surface area contributed by atoms with Crippen LogP contribution in [0, 0.1) is 0 Å². The molecule has 0 aromatic heterocycles. The van der Waals surface area contributed by atoms with Crippen molar-refractivity contribution in [3.8, 4) is 0 Å². The summed E-state index contributed by atoms with van der Waals surface area (Å²) in [5.41, 5.74) is 0. The predicted octanol–water partition coefficient (Wildman–Crippen LogP) is 20.5. The fourth-order valence-electron chi connectivity index (χ4n) is 7.56. The van der Waals surface area contributed by atoms with E-state index in [-0.39, 0.29) is 25.2 Å². The molecule has 0 spiro atoms. The topological polar surface area (TPSA) is 61.8 Å². The third kappa shape index (κ3) is 58.4. The molecular formula is C67H108O5. The van der Waals surface area contributed by atoms with Crippen molar-refractivity contribution in [2.75, 3.05) is 19.8 Å². The van der Waals surface area contributed by atoms with Gasteiger partial charge in [0.05, 0.1) is 6.61 Å². The standard InChI is InChI=1S/C67H108O5/c1-4-7-10-13-16-19-22-25-28-31-33-35-38-41-44-47-50-53-56-59-62-70-63-65(72-67(69)61-58-55-52-49-46-43-40-36-30-27-24-21-18-15-12-9-6-3)64-71-66(68)60-57-54-51-48-45-42-39-37-34-32-29-26-23-20-17-14-11-8-5-2/h7-8,10-11,16-21,25-30,33-35,37,42,45,51,54,65H,4-6,9,12-15,22-24,31-32,36,38-41,43-44,46-50,52-53,55-64H2,1-3H3/b10-7-,11-8-,19-16-,20-17-,21-18-,28-25-,29-26-,30-27-,35-33-,37-34-,45-42-,54-51-. The number of unbranched alkanes of at least 4 members (excludes halogenated alkanes) is 17. The van der Waals surface area contributed by atoms with Crippen LogP contribution in [0.1, 0.15) is 239 Å². The SMILES string of the molecule is CC/C=C\C/C=C\C/C=C\C/C=C\C/C=C\C/C=C\CCC(=O)OCC(COCCCCCCCCC/C=C\C/C=C\C/C=C\C/C=C\CC)OC(=O)CCCCCCCCC/C=C\C/C=C\CCCCC. The molecule has 0 radical (unpaired) electrons. The third-order valence-electron chi connectivity index (χ3n) is 11.9. The van der Waals surface area contributed by atoms with Gasteiger partial charge in [0.25, 0.3) is 0 Å². The van der Waals surface area contributed by atoms with Crippen molar-refractivity contribution in [1.82, 2.24) is 0 Å². The van der Waals surface area contributed by atoms with Crippen molar-refractivity contribution >= 4 is 11.9 Å². The second-order valence-electron chi connectivity index (χ2n) is 18.8. The van der Waals surface area contributed by atoms with Crippen molar-refractivity contribution < 1.29 is 23.8 Å². The van der Waals surface area contributed by atoms with Crippen molar-refractivity contribution in [2.24, 2.45) is 0 Å². The maximum Gasteiger partial charge on any atom is 0.306 e. The highest BCUT2D eigenvalue weighted by molar-refractivity contribution is 5.70. The first-order valence-corrected chi connectivity index (χ1v) is 29.4. The molecule has 0 aliphatic carbocycles. The Balaban J connectivity index is 4.46. The van der Waals surface area contributed by atoms with Crippen LogP contribution < -0.4 is 0 Å². The minimum absolute atomic E-state index is 0.0279. The molecule has 0 heterocycles. The molecule has 1 atom stereocenters. The quantitative estimate of drug-likeness (QED) is 0.0345. The molecule has 0 aliphatic rings. The van der Waals surface area contributed by atoms with Crippen LogP contribution >= 0.6 is 0 Å². The molecule has 0 bridgehead atoms. The summed E-state index contributed by atoms with van der Waals surface area (Å²) >= 11 is 0. The lowest BCUT2D eigenvalue weighted by Crippen LogP contribution is -2.30. The maximum absolute atomic E-state index is 12.9. The first-order valence-electron chi connectivity index (χ1n) is 29.4. The summed E-state index contributed by atoms with van der Waals surface area (Å²) in [5.74, 6) is -0.516. The first kappa shape index (κ1) is 67.8. The number of allylic oxidation sites excluding steroid dienone is 24. The van der Waals surface area contributed by atoms with Gasteiger partial charge in [-0.1, -0.05) is 244 Å². The number of rotatable bonds is 52. The van der Waals surface area contributed by atoms with Gasteiger partial charge in [0.2, 0.25) is 0 Å². The van der Waals surface area contributed by atoms with E-state index in [1.807, 2.05) is 6.08 Å². The van der Waals surface area contributed by atoms with E-state index in [9.17, 15) is 9.59 Å². The maximum atomic E-state index is 12.9. The highest BCUT2D eigenvalue weighted by atomic mass is 16.6. The lowest BCUT2D eigenvalue weighted by molar-refractivity contribution is -0.162. The second kappa shape index (κ2) is 61.1. The summed E-state index contributed by atoms with van der Waals surface area (Å²) in [4.78, 5) is 25.5. The van der Waals surface area contributed by atoms with Crippen molar-refractivity contribution in [3.63, 3.8) is 0 Å². The largest absolute Gasteiger partial charge is 0.462 e. The molecule has 72 heavy (non-hydrogen) atoms. The minimum atomic E-state index is -0.589. The fourth-order valence-corrected chi connectivity index (χ4v) is 7.56. The van der Waals surface area contributed by atoms with E-state index in [0.29, 0.717) is 25.9 Å². The number of ether oxygens (including phenoxy) is 3. The van der Waals surface area contributed by atoms with E-state index in [2.05, 4.69) is 161 Å². The van der Waals surface area contributed by atoms with E-state index < -0.39 is 6.10 Å². The van der Waals surface area contributed by atoms with Gasteiger partial charge in [-0.2, -0.15) is 0 Å². The third-order valence-corrected chi connectivity index (χ3v) is 11.9. The van der Waals surface area contributed by atoms with Crippen LogP contribution in [0.4, 0.5) is 0 Å². The Labute approximate surface area is 444 Å². The van der Waals surface area contributed by atoms with Crippen LogP contribution in [0.25, 0.3) is 0 Å². The zero-order valence-electron chi connectivity index (χ0n) is 46.6. The zero-order chi connectivity index (χ0) is 52.0. The number of esters is 2. The van der Waals surface area contributed by atoms with Gasteiger partial charge in [0.15, 0.2) is 6.10 Å². The van der Waals surface area contributed by atoms with E-state index in [1.165, 1.54) is 83.5 Å². The van der Waals surface area contributed by atoms with Crippen LogP contribution in [0.3, 0.4) is 0 Å². The Hall–Kier alpha value is -4.22. The van der Waals surface area contributed by atoms with Crippen LogP contribution in [0.15, 0.2) is 146 Å². The van der Waals surface area contributed by atoms with Crippen molar-refractivity contribution in [3.05, 3.63) is 146 Å². The molecule has 0 fully saturated rings. The summed E-state index contributed by atoms with van der Waals surface area (Å²) in [6.07, 6.45) is 88.8. The van der Waals surface area contributed by atoms with Crippen LogP contribution in [-0.2, 0) is 23.8 Å². The highest BCUT2D eigenvalue weighted by Gasteiger charge is 2.17. The second-order valence-corrected chi connectivity index (χ2v) is 18.8. The lowest BCUT2D eigenvalue weighted by Gasteiger charge is -2.18. The van der Waals surface area contributed by atoms with Crippen molar-refractivity contribution in [1.29, 1.82) is 0 Å². The number of hydrogen-bond acceptors (Lipinski definition) is 5. The van der Waals surface area contributed by atoms with Gasteiger partial charge in [-0.15, -0.1) is 0 Å². The summed E-state index contributed by atoms with van der Waals surface area (Å²) < 4.78 is 17.4. The van der Waals surface area contributed by atoms with E-state index in [4.69, 9.17) is 14.2 Å². The Bertz CT molecular complexity index is 1540. The summed E-state index contributed by atoms with van der Waals surface area (Å²) in [6.45, 7) is 7.46. The molecule has 0 rings (SSSR count). The van der Waals surface area contributed by atoms with Crippen LogP contribution in [0.2, 0.25) is 0 Å². The summed E-state index contributed by atoms with van der Waals surface area (Å²) in [7, 11) is 0. The lowest BCUT2D eigenvalue weighted by atomic mass is 10.1. The number of carbonyl (C=O) groups is 2. The smallest absolute Gasteiger partial charge is 0.306 e. The molecule has 0 amide bonds.